The summed E-state index contributed by atoms with van der Waals surface area (Å²) in [7, 11) is 1.41. The number of carbonyl (C=O) groups excluding carboxylic acids is 1. The summed E-state index contributed by atoms with van der Waals surface area (Å²) in [6, 6.07) is 11.8. The average molecular weight is 308 g/mol. The van der Waals surface area contributed by atoms with Crippen molar-refractivity contribution in [2.75, 3.05) is 7.11 Å². The third-order valence-corrected chi connectivity index (χ3v) is 3.38. The van der Waals surface area contributed by atoms with Gasteiger partial charge in [-0.05, 0) is 29.3 Å². The standard InChI is InChI=1S/C16H15ClFNO2/c1-21-15-7-6-11(8-14(15)18)10-19-16(20)9-12-4-2-3-5-13(12)17/h2-8H,9-10H2,1H3,(H,19,20). The molecule has 110 valence electrons. The Morgan fingerprint density at radius 3 is 2.71 bits per heavy atom. The van der Waals surface area contributed by atoms with Crippen molar-refractivity contribution in [2.45, 2.75) is 13.0 Å². The van der Waals surface area contributed by atoms with Crippen LogP contribution >= 0.6 is 11.6 Å². The fourth-order valence-electron chi connectivity index (χ4n) is 1.90. The van der Waals surface area contributed by atoms with Crippen molar-refractivity contribution in [1.29, 1.82) is 0 Å². The summed E-state index contributed by atoms with van der Waals surface area (Å²) in [5, 5.41) is 3.29. The highest BCUT2D eigenvalue weighted by atomic mass is 35.5. The Hall–Kier alpha value is -2.07. The fourth-order valence-corrected chi connectivity index (χ4v) is 2.10. The molecular weight excluding hydrogens is 293 g/mol. The SMILES string of the molecule is COc1ccc(CNC(=O)Cc2ccccc2Cl)cc1F. The van der Waals surface area contributed by atoms with Crippen molar-refractivity contribution in [1.82, 2.24) is 5.32 Å². The van der Waals surface area contributed by atoms with E-state index in [2.05, 4.69) is 5.32 Å². The molecule has 0 fully saturated rings. The third-order valence-electron chi connectivity index (χ3n) is 3.01. The summed E-state index contributed by atoms with van der Waals surface area (Å²) in [6.07, 6.45) is 0.193. The second-order valence-corrected chi connectivity index (χ2v) is 4.92. The van der Waals surface area contributed by atoms with Crippen molar-refractivity contribution in [3.8, 4) is 5.75 Å². The van der Waals surface area contributed by atoms with Gasteiger partial charge in [-0.15, -0.1) is 0 Å². The zero-order valence-electron chi connectivity index (χ0n) is 11.5. The summed E-state index contributed by atoms with van der Waals surface area (Å²) in [6.45, 7) is 0.254. The highest BCUT2D eigenvalue weighted by Crippen LogP contribution is 2.18. The molecule has 2 aromatic carbocycles. The second kappa shape index (κ2) is 7.09. The molecular formula is C16H15ClFNO2. The predicted molar refractivity (Wildman–Crippen MR) is 80.0 cm³/mol. The van der Waals surface area contributed by atoms with Crippen LogP contribution in [0.2, 0.25) is 5.02 Å². The number of benzene rings is 2. The summed E-state index contributed by atoms with van der Waals surface area (Å²) in [5.41, 5.74) is 1.43. The van der Waals surface area contributed by atoms with E-state index in [0.717, 1.165) is 5.56 Å². The van der Waals surface area contributed by atoms with E-state index in [4.69, 9.17) is 16.3 Å². The minimum Gasteiger partial charge on any atom is -0.494 e. The zero-order chi connectivity index (χ0) is 15.2. The van der Waals surface area contributed by atoms with Gasteiger partial charge < -0.3 is 10.1 Å². The molecule has 0 aliphatic heterocycles. The number of hydrogen-bond acceptors (Lipinski definition) is 2. The quantitative estimate of drug-likeness (QED) is 0.920. The number of halogens is 2. The van der Waals surface area contributed by atoms with Gasteiger partial charge in [-0.2, -0.15) is 0 Å². The maximum Gasteiger partial charge on any atom is 0.224 e. The van der Waals surface area contributed by atoms with Crippen LogP contribution in [0.5, 0.6) is 5.75 Å². The smallest absolute Gasteiger partial charge is 0.224 e. The van der Waals surface area contributed by atoms with E-state index in [1.165, 1.54) is 19.2 Å². The molecule has 3 nitrogen and oxygen atoms in total. The zero-order valence-corrected chi connectivity index (χ0v) is 12.3. The molecule has 0 saturated heterocycles. The molecule has 1 N–H and O–H groups in total. The largest absolute Gasteiger partial charge is 0.494 e. The van der Waals surface area contributed by atoms with Gasteiger partial charge in [0.1, 0.15) is 0 Å². The molecule has 2 rings (SSSR count). The molecule has 0 saturated carbocycles. The lowest BCUT2D eigenvalue weighted by atomic mass is 10.1. The van der Waals surface area contributed by atoms with Gasteiger partial charge in [0.05, 0.1) is 13.5 Å². The van der Waals surface area contributed by atoms with Gasteiger partial charge in [0.15, 0.2) is 11.6 Å². The lowest BCUT2D eigenvalue weighted by molar-refractivity contribution is -0.120. The molecule has 0 radical (unpaired) electrons. The molecule has 0 aromatic heterocycles. The van der Waals surface area contributed by atoms with Crippen LogP contribution < -0.4 is 10.1 Å². The highest BCUT2D eigenvalue weighted by Gasteiger charge is 2.08. The Morgan fingerprint density at radius 1 is 1.29 bits per heavy atom. The molecule has 0 heterocycles. The third kappa shape index (κ3) is 4.20. The molecule has 0 bridgehead atoms. The van der Waals surface area contributed by atoms with Crippen LogP contribution in [0.3, 0.4) is 0 Å². The first-order chi connectivity index (χ1) is 10.1. The van der Waals surface area contributed by atoms with Crippen LogP contribution in [0.1, 0.15) is 11.1 Å². The van der Waals surface area contributed by atoms with Crippen LogP contribution in [0.15, 0.2) is 42.5 Å². The van der Waals surface area contributed by atoms with E-state index in [9.17, 15) is 9.18 Å². The molecule has 5 heteroatoms. The maximum atomic E-state index is 13.5. The van der Waals surface area contributed by atoms with Gasteiger partial charge in [0.25, 0.3) is 0 Å². The van der Waals surface area contributed by atoms with Crippen molar-refractivity contribution >= 4 is 17.5 Å². The van der Waals surface area contributed by atoms with Crippen molar-refractivity contribution in [3.63, 3.8) is 0 Å². The fraction of sp³-hybridized carbons (Fsp3) is 0.188. The van der Waals surface area contributed by atoms with E-state index < -0.39 is 5.82 Å². The molecule has 0 aliphatic carbocycles. The highest BCUT2D eigenvalue weighted by molar-refractivity contribution is 6.31. The average Bonchev–Trinajstić information content (AvgIpc) is 2.48. The van der Waals surface area contributed by atoms with E-state index in [1.54, 1.807) is 18.2 Å². The molecule has 0 spiro atoms. The molecule has 0 aliphatic rings. The molecule has 21 heavy (non-hydrogen) atoms. The Labute approximate surface area is 127 Å². The van der Waals surface area contributed by atoms with E-state index in [0.29, 0.717) is 10.6 Å². The monoisotopic (exact) mass is 307 g/mol. The van der Waals surface area contributed by atoms with Crippen molar-refractivity contribution in [3.05, 3.63) is 64.4 Å². The second-order valence-electron chi connectivity index (χ2n) is 4.51. The Balaban J connectivity index is 1.92. The molecule has 1 amide bonds. The molecule has 2 aromatic rings. The Kier molecular flexibility index (Phi) is 5.17. The minimum atomic E-state index is -0.449. The first-order valence-electron chi connectivity index (χ1n) is 6.42. The van der Waals surface area contributed by atoms with Crippen molar-refractivity contribution < 1.29 is 13.9 Å². The Morgan fingerprint density at radius 2 is 2.05 bits per heavy atom. The first-order valence-corrected chi connectivity index (χ1v) is 6.80. The number of methoxy groups -OCH3 is 1. The number of rotatable bonds is 5. The van der Waals surface area contributed by atoms with Crippen LogP contribution in [-0.4, -0.2) is 13.0 Å². The minimum absolute atomic E-state index is 0.167. The summed E-state index contributed by atoms with van der Waals surface area (Å²) >= 11 is 6.00. The maximum absolute atomic E-state index is 13.5. The topological polar surface area (TPSA) is 38.3 Å². The van der Waals surface area contributed by atoms with Crippen LogP contribution in [-0.2, 0) is 17.8 Å². The van der Waals surface area contributed by atoms with Crippen LogP contribution in [0.4, 0.5) is 4.39 Å². The summed E-state index contributed by atoms with van der Waals surface area (Å²) in [5.74, 6) is -0.434. The number of ether oxygens (including phenoxy) is 1. The van der Waals surface area contributed by atoms with E-state index >= 15 is 0 Å². The first kappa shape index (κ1) is 15.3. The van der Waals surface area contributed by atoms with Gasteiger partial charge in [-0.25, -0.2) is 4.39 Å². The summed E-state index contributed by atoms with van der Waals surface area (Å²) in [4.78, 5) is 11.9. The normalized spacial score (nSPS) is 10.2. The predicted octanol–water partition coefficient (Wildman–Crippen LogP) is 3.35. The van der Waals surface area contributed by atoms with Gasteiger partial charge >= 0.3 is 0 Å². The van der Waals surface area contributed by atoms with Crippen molar-refractivity contribution in [2.24, 2.45) is 0 Å². The Bertz CT molecular complexity index is 646. The van der Waals surface area contributed by atoms with Gasteiger partial charge in [0, 0.05) is 11.6 Å². The lowest BCUT2D eigenvalue weighted by Crippen LogP contribution is -2.24. The lowest BCUT2D eigenvalue weighted by Gasteiger charge is -2.08. The summed E-state index contributed by atoms with van der Waals surface area (Å²) < 4.78 is 18.4. The number of amides is 1. The molecule has 0 atom stereocenters. The number of carbonyl (C=O) groups is 1. The van der Waals surface area contributed by atoms with Gasteiger partial charge in [-0.3, -0.25) is 4.79 Å². The number of hydrogen-bond donors (Lipinski definition) is 1. The number of nitrogens with one attached hydrogen (secondary N) is 1. The molecule has 0 unspecified atom stereocenters. The van der Waals surface area contributed by atoms with E-state index in [1.807, 2.05) is 12.1 Å². The van der Waals surface area contributed by atoms with Gasteiger partial charge in [0.2, 0.25) is 5.91 Å². The van der Waals surface area contributed by atoms with Gasteiger partial charge in [-0.1, -0.05) is 35.9 Å². The van der Waals surface area contributed by atoms with Crippen LogP contribution in [0.25, 0.3) is 0 Å². The van der Waals surface area contributed by atoms with E-state index in [-0.39, 0.29) is 24.6 Å². The van der Waals surface area contributed by atoms with Crippen LogP contribution in [0, 0.1) is 5.82 Å².